The molecule has 2 N–H and O–H groups in total. The minimum atomic E-state index is -0.423. The molecular weight excluding hydrogens is 388 g/mol. The van der Waals surface area contributed by atoms with E-state index in [0.29, 0.717) is 29.7 Å². The second kappa shape index (κ2) is 8.64. The maximum atomic E-state index is 12.2. The minimum Gasteiger partial charge on any atom is -0.410 e. The summed E-state index contributed by atoms with van der Waals surface area (Å²) < 4.78 is 7.73. The van der Waals surface area contributed by atoms with E-state index >= 15 is 0 Å². The fraction of sp³-hybridized carbons (Fsp3) is 0.640. The maximum absolute atomic E-state index is 12.2. The fourth-order valence-electron chi connectivity index (χ4n) is 6.24. The van der Waals surface area contributed by atoms with E-state index in [1.54, 1.807) is 6.07 Å². The Kier molecular flexibility index (Phi) is 5.72. The Morgan fingerprint density at radius 1 is 1.13 bits per heavy atom. The van der Waals surface area contributed by atoms with Crippen LogP contribution in [0.5, 0.6) is 5.75 Å². The molecule has 2 saturated carbocycles. The van der Waals surface area contributed by atoms with Crippen molar-refractivity contribution in [3.8, 4) is 5.75 Å². The largest absolute Gasteiger partial charge is 0.412 e. The van der Waals surface area contributed by atoms with Gasteiger partial charge in [0.2, 0.25) is 0 Å². The molecule has 1 aromatic heterocycles. The van der Waals surface area contributed by atoms with Crippen molar-refractivity contribution in [1.82, 2.24) is 14.9 Å². The Labute approximate surface area is 183 Å². The van der Waals surface area contributed by atoms with Gasteiger partial charge < -0.3 is 14.6 Å². The molecule has 4 bridgehead atoms. The summed E-state index contributed by atoms with van der Waals surface area (Å²) in [6, 6.07) is 5.91. The average molecular weight is 423 g/mol. The molecule has 2 unspecified atom stereocenters. The van der Waals surface area contributed by atoms with Crippen LogP contribution in [0.25, 0.3) is 10.9 Å². The van der Waals surface area contributed by atoms with Crippen molar-refractivity contribution in [3.05, 3.63) is 29.5 Å². The number of carbonyl (C=O) groups excluding carboxylic acids is 1. The first-order valence-electron chi connectivity index (χ1n) is 12.2. The van der Waals surface area contributed by atoms with E-state index in [1.807, 2.05) is 12.1 Å². The van der Waals surface area contributed by atoms with Gasteiger partial charge in [0, 0.05) is 23.9 Å². The van der Waals surface area contributed by atoms with Gasteiger partial charge in [-0.25, -0.2) is 9.78 Å². The molecular formula is C25H34N4O2. The van der Waals surface area contributed by atoms with Crippen molar-refractivity contribution in [2.24, 2.45) is 11.8 Å². The molecule has 2 aliphatic carbocycles. The first-order valence-corrected chi connectivity index (χ1v) is 12.2. The van der Waals surface area contributed by atoms with Crippen LogP contribution < -0.4 is 15.5 Å². The zero-order valence-electron chi connectivity index (χ0n) is 18.5. The van der Waals surface area contributed by atoms with Crippen molar-refractivity contribution >= 4 is 17.0 Å². The van der Waals surface area contributed by atoms with Crippen molar-refractivity contribution < 1.29 is 9.53 Å². The first kappa shape index (κ1) is 20.5. The van der Waals surface area contributed by atoms with Gasteiger partial charge in [0.25, 0.3) is 0 Å². The highest BCUT2D eigenvalue weighted by Crippen LogP contribution is 2.52. The average Bonchev–Trinajstić information content (AvgIpc) is 2.92. The third-order valence-electron chi connectivity index (χ3n) is 7.55. The van der Waals surface area contributed by atoms with Gasteiger partial charge in [0.05, 0.1) is 5.52 Å². The molecule has 0 radical (unpaired) electrons. The molecule has 2 atom stereocenters. The minimum absolute atomic E-state index is 0.399. The number of hydrogen-bond donors (Lipinski definition) is 2. The molecule has 6 rings (SSSR count). The van der Waals surface area contributed by atoms with Gasteiger partial charge in [-0.2, -0.15) is 0 Å². The molecule has 2 aromatic rings. The summed E-state index contributed by atoms with van der Waals surface area (Å²) in [6.45, 7) is 2.83. The lowest BCUT2D eigenvalue weighted by molar-refractivity contribution is 0.150. The molecule has 6 nitrogen and oxygen atoms in total. The molecule has 1 amide bonds. The Balaban J connectivity index is 1.33. The predicted octanol–water partition coefficient (Wildman–Crippen LogP) is 5.42. The lowest BCUT2D eigenvalue weighted by atomic mass is 9.68. The molecule has 166 valence electrons. The molecule has 6 heteroatoms. The third-order valence-corrected chi connectivity index (χ3v) is 7.55. The highest BCUT2D eigenvalue weighted by atomic mass is 16.6. The molecule has 1 aromatic carbocycles. The van der Waals surface area contributed by atoms with Crippen molar-refractivity contribution in [2.75, 3.05) is 6.54 Å². The van der Waals surface area contributed by atoms with Crippen molar-refractivity contribution in [1.29, 1.82) is 5.41 Å². The lowest BCUT2D eigenvalue weighted by Crippen LogP contribution is -2.31. The number of carbonyl (C=O) groups is 1. The van der Waals surface area contributed by atoms with Gasteiger partial charge in [-0.05, 0) is 68.6 Å². The Morgan fingerprint density at radius 2 is 1.90 bits per heavy atom. The topological polar surface area (TPSA) is 80.0 Å². The molecule has 0 saturated heterocycles. The number of nitrogens with zero attached hydrogens (tertiary/aromatic N) is 2. The summed E-state index contributed by atoms with van der Waals surface area (Å²) >= 11 is 0. The van der Waals surface area contributed by atoms with Gasteiger partial charge in [0.1, 0.15) is 17.1 Å². The summed E-state index contributed by atoms with van der Waals surface area (Å²) in [4.78, 5) is 17.2. The smallest absolute Gasteiger partial charge is 0.410 e. The highest BCUT2D eigenvalue weighted by molar-refractivity contribution is 5.80. The zero-order valence-corrected chi connectivity index (χ0v) is 18.5. The second-order valence-corrected chi connectivity index (χ2v) is 9.86. The standard InChI is InChI=1S/C25H34N4O2/c1-2-3-4-5-6-9-27-25(30)31-20-7-8-22-21(15-20)23(26)29-19-13-16-10-17(14-19)12-18(11-16)24(29)28-22/h7-8,15-19,26H,2-6,9-14H2,1H3,(H,27,30). The Hall–Kier alpha value is -2.37. The van der Waals surface area contributed by atoms with Gasteiger partial charge in [-0.1, -0.05) is 32.6 Å². The summed E-state index contributed by atoms with van der Waals surface area (Å²) in [5, 5.41) is 12.6. The van der Waals surface area contributed by atoms with Crippen LogP contribution >= 0.6 is 0 Å². The van der Waals surface area contributed by atoms with E-state index in [-0.39, 0.29) is 0 Å². The van der Waals surface area contributed by atoms with E-state index in [2.05, 4.69) is 16.8 Å². The van der Waals surface area contributed by atoms with Gasteiger partial charge in [-0.3, -0.25) is 5.41 Å². The van der Waals surface area contributed by atoms with Crippen LogP contribution in [-0.2, 0) is 0 Å². The number of benzene rings is 1. The second-order valence-electron chi connectivity index (χ2n) is 9.86. The van der Waals surface area contributed by atoms with Gasteiger partial charge >= 0.3 is 6.09 Å². The quantitative estimate of drug-likeness (QED) is 0.585. The highest BCUT2D eigenvalue weighted by Gasteiger charge is 2.43. The summed E-state index contributed by atoms with van der Waals surface area (Å²) in [7, 11) is 0. The number of amides is 1. The van der Waals surface area contributed by atoms with E-state index < -0.39 is 6.09 Å². The number of unbranched alkanes of at least 4 members (excludes halogenated alkanes) is 4. The van der Waals surface area contributed by atoms with E-state index in [4.69, 9.17) is 15.1 Å². The van der Waals surface area contributed by atoms with Crippen LogP contribution in [0.15, 0.2) is 18.2 Å². The van der Waals surface area contributed by atoms with Crippen LogP contribution in [0, 0.1) is 17.2 Å². The monoisotopic (exact) mass is 422 g/mol. The SMILES string of the molecule is CCCCCCCNC(=O)Oc1ccc2nc3n(c(=N)c2c1)C1CC2CC(CC3C2)C1. The number of hydrogen-bond acceptors (Lipinski definition) is 4. The van der Waals surface area contributed by atoms with Crippen LogP contribution in [0.4, 0.5) is 4.79 Å². The molecule has 3 heterocycles. The molecule has 4 aliphatic rings. The van der Waals surface area contributed by atoms with Crippen molar-refractivity contribution in [2.45, 2.75) is 83.1 Å². The number of fused-ring (bicyclic) bond motifs is 1. The van der Waals surface area contributed by atoms with E-state index in [0.717, 1.165) is 41.4 Å². The number of nitrogens with one attached hydrogen (secondary N) is 2. The van der Waals surface area contributed by atoms with E-state index in [1.165, 1.54) is 51.4 Å². The predicted molar refractivity (Wildman–Crippen MR) is 120 cm³/mol. The fourth-order valence-corrected chi connectivity index (χ4v) is 6.24. The van der Waals surface area contributed by atoms with Gasteiger partial charge in [0.15, 0.2) is 0 Å². The maximum Gasteiger partial charge on any atom is 0.412 e. The van der Waals surface area contributed by atoms with E-state index in [9.17, 15) is 4.79 Å². The molecule has 2 aliphatic heterocycles. The van der Waals surface area contributed by atoms with Crippen LogP contribution in [0.2, 0.25) is 0 Å². The van der Waals surface area contributed by atoms with Crippen LogP contribution in [0.3, 0.4) is 0 Å². The summed E-state index contributed by atoms with van der Waals surface area (Å²) in [6.07, 6.45) is 11.5. The van der Waals surface area contributed by atoms with Crippen LogP contribution in [0.1, 0.15) is 88.9 Å². The summed E-state index contributed by atoms with van der Waals surface area (Å²) in [5.74, 6) is 3.66. The number of aromatic nitrogens is 2. The molecule has 0 spiro atoms. The molecule has 31 heavy (non-hydrogen) atoms. The lowest BCUT2D eigenvalue weighted by Gasteiger charge is -2.37. The zero-order chi connectivity index (χ0) is 21.4. The Bertz CT molecular complexity index is 1020. The first-order chi connectivity index (χ1) is 15.1. The molecule has 2 fully saturated rings. The third kappa shape index (κ3) is 4.09. The summed E-state index contributed by atoms with van der Waals surface area (Å²) in [5.41, 5.74) is 1.36. The number of rotatable bonds is 7. The van der Waals surface area contributed by atoms with Gasteiger partial charge in [-0.15, -0.1) is 0 Å². The number of ether oxygens (including phenoxy) is 1. The normalized spacial score (nSPS) is 26.0. The van der Waals surface area contributed by atoms with Crippen LogP contribution in [-0.4, -0.2) is 22.2 Å². The van der Waals surface area contributed by atoms with Crippen molar-refractivity contribution in [3.63, 3.8) is 0 Å². The Morgan fingerprint density at radius 3 is 2.68 bits per heavy atom.